The minimum atomic E-state index is -0.274. The number of unbranched alkanes of at least 4 members (excludes halogenated alkanes) is 2. The van der Waals surface area contributed by atoms with E-state index in [1.54, 1.807) is 0 Å². The quantitative estimate of drug-likeness (QED) is 0.0446. The lowest BCUT2D eigenvalue weighted by molar-refractivity contribution is -0.141. The van der Waals surface area contributed by atoms with E-state index >= 15 is 0 Å². The van der Waals surface area contributed by atoms with Crippen LogP contribution in [0.3, 0.4) is 0 Å². The van der Waals surface area contributed by atoms with Crippen LogP contribution in [0.4, 0.5) is 5.69 Å². The third kappa shape index (κ3) is 4.91. The molecule has 47 heavy (non-hydrogen) atoms. The molecule has 0 spiro atoms. The van der Waals surface area contributed by atoms with E-state index in [-0.39, 0.29) is 29.6 Å². The summed E-state index contributed by atoms with van der Waals surface area (Å²) in [5.74, 6) is 6.16. The lowest BCUT2D eigenvalue weighted by atomic mass is 9.83. The molecule has 1 aliphatic heterocycles. The molecular weight excluding hydrogens is 582 g/mol. The summed E-state index contributed by atoms with van der Waals surface area (Å²) in [4.78, 5) is 41.3. The van der Waals surface area contributed by atoms with Crippen LogP contribution >= 0.6 is 0 Å². The molecule has 6 aromatic carbocycles. The van der Waals surface area contributed by atoms with E-state index in [4.69, 9.17) is 4.74 Å². The third-order valence-corrected chi connectivity index (χ3v) is 9.44. The standard InChI is InChI=1S/C42H37NO4/c1-24(2)28-13-10-14-29(25(3)4)40(28)43-41(45)35-21-19-33-31-16-11-15-30-27(12-8-6-7-9-23-47-26(5)44)17-18-32(37(30)31)34-20-22-36(42(43)46)39(35)38(33)34/h10-11,13-22,24-25H,6-7,9,23H2,1-5H3. The molecule has 0 atom stereocenters. The summed E-state index contributed by atoms with van der Waals surface area (Å²) in [6.07, 6.45) is 2.37. The number of benzene rings is 6. The summed E-state index contributed by atoms with van der Waals surface area (Å²) in [6, 6.07) is 24.5. The predicted molar refractivity (Wildman–Crippen MR) is 191 cm³/mol. The van der Waals surface area contributed by atoms with Gasteiger partial charge in [-0.1, -0.05) is 94.1 Å². The number of nitrogens with zero attached hydrogens (tertiary/aromatic N) is 1. The molecule has 2 amide bonds. The largest absolute Gasteiger partial charge is 0.466 e. The SMILES string of the molecule is CC(=O)OCCCCC#Cc1ccc2c3ccc4c5c(ccc(c6cccc1c62)c53)C(=O)N(c1c(C(C)C)cccc1C(C)C)C4=O. The lowest BCUT2D eigenvalue weighted by Gasteiger charge is -2.32. The molecule has 7 rings (SSSR count). The highest BCUT2D eigenvalue weighted by Gasteiger charge is 2.38. The Balaban J connectivity index is 1.37. The van der Waals surface area contributed by atoms with Crippen LogP contribution in [0.5, 0.6) is 0 Å². The van der Waals surface area contributed by atoms with Gasteiger partial charge in [0.05, 0.1) is 12.3 Å². The van der Waals surface area contributed by atoms with Crippen LogP contribution < -0.4 is 4.90 Å². The Bertz CT molecular complexity index is 2220. The number of rotatable bonds is 7. The number of anilines is 1. The molecule has 0 saturated heterocycles. The minimum absolute atomic E-state index is 0.139. The Hall–Kier alpha value is -5.21. The summed E-state index contributed by atoms with van der Waals surface area (Å²) in [7, 11) is 0. The fourth-order valence-corrected chi connectivity index (χ4v) is 7.26. The molecule has 0 fully saturated rings. The highest BCUT2D eigenvalue weighted by atomic mass is 16.5. The summed E-state index contributed by atoms with van der Waals surface area (Å²) in [5.41, 5.74) is 4.78. The van der Waals surface area contributed by atoms with E-state index < -0.39 is 0 Å². The second-order valence-corrected chi connectivity index (χ2v) is 13.1. The molecule has 0 aliphatic carbocycles. The smallest absolute Gasteiger partial charge is 0.302 e. The summed E-state index contributed by atoms with van der Waals surface area (Å²) < 4.78 is 5.02. The molecule has 6 aromatic rings. The molecule has 0 radical (unpaired) electrons. The first-order chi connectivity index (χ1) is 22.7. The van der Waals surface area contributed by atoms with Gasteiger partial charge < -0.3 is 4.74 Å². The van der Waals surface area contributed by atoms with Gasteiger partial charge in [0.25, 0.3) is 11.8 Å². The zero-order valence-corrected chi connectivity index (χ0v) is 27.5. The van der Waals surface area contributed by atoms with E-state index in [0.717, 1.165) is 84.7 Å². The van der Waals surface area contributed by atoms with Crippen LogP contribution in [0, 0.1) is 11.8 Å². The first kappa shape index (κ1) is 30.4. The summed E-state index contributed by atoms with van der Waals surface area (Å²) in [6.45, 7) is 10.3. The maximum atomic E-state index is 14.5. The minimum Gasteiger partial charge on any atom is -0.466 e. The Labute approximate surface area is 274 Å². The lowest BCUT2D eigenvalue weighted by Crippen LogP contribution is -2.41. The van der Waals surface area contributed by atoms with E-state index in [1.807, 2.05) is 42.5 Å². The maximum Gasteiger partial charge on any atom is 0.302 e. The van der Waals surface area contributed by atoms with Crippen LogP contribution in [0.15, 0.2) is 72.8 Å². The average Bonchev–Trinajstić information content (AvgIpc) is 3.05. The van der Waals surface area contributed by atoms with Crippen molar-refractivity contribution in [1.82, 2.24) is 0 Å². The van der Waals surface area contributed by atoms with E-state index in [0.29, 0.717) is 17.7 Å². The van der Waals surface area contributed by atoms with Crippen molar-refractivity contribution in [2.45, 2.75) is 65.7 Å². The van der Waals surface area contributed by atoms with Crippen molar-refractivity contribution in [3.05, 3.63) is 101 Å². The van der Waals surface area contributed by atoms with Crippen LogP contribution in [0.2, 0.25) is 0 Å². The van der Waals surface area contributed by atoms with Gasteiger partial charge in [0.1, 0.15) is 0 Å². The van der Waals surface area contributed by atoms with Gasteiger partial charge in [-0.3, -0.25) is 14.4 Å². The average molecular weight is 620 g/mol. The van der Waals surface area contributed by atoms with Gasteiger partial charge in [0.2, 0.25) is 0 Å². The van der Waals surface area contributed by atoms with Gasteiger partial charge in [-0.15, -0.1) is 0 Å². The number of ether oxygens (including phenoxy) is 1. The number of carbonyl (C=O) groups excluding carboxylic acids is 3. The number of fused-ring (bicyclic) bond motifs is 2. The van der Waals surface area contributed by atoms with Crippen molar-refractivity contribution in [3.8, 4) is 11.8 Å². The molecule has 5 nitrogen and oxygen atoms in total. The first-order valence-corrected chi connectivity index (χ1v) is 16.5. The normalized spacial score (nSPS) is 13.0. The predicted octanol–water partition coefficient (Wildman–Crippen LogP) is 9.87. The highest BCUT2D eigenvalue weighted by Crippen LogP contribution is 2.46. The number of amides is 2. The zero-order valence-electron chi connectivity index (χ0n) is 27.5. The molecule has 0 aromatic heterocycles. The van der Waals surface area contributed by atoms with Gasteiger partial charge in [-0.25, -0.2) is 4.90 Å². The molecule has 234 valence electrons. The summed E-state index contributed by atoms with van der Waals surface area (Å²) in [5, 5.41) is 8.10. The molecule has 0 saturated carbocycles. The number of esters is 1. The number of hydrogen-bond donors (Lipinski definition) is 0. The fourth-order valence-electron chi connectivity index (χ4n) is 7.26. The Morgan fingerprint density at radius 2 is 1.23 bits per heavy atom. The molecule has 0 bridgehead atoms. The Morgan fingerprint density at radius 3 is 1.85 bits per heavy atom. The monoisotopic (exact) mass is 619 g/mol. The summed E-state index contributed by atoms with van der Waals surface area (Å²) >= 11 is 0. The van der Waals surface area contributed by atoms with Crippen molar-refractivity contribution >= 4 is 66.6 Å². The van der Waals surface area contributed by atoms with Crippen LogP contribution in [0.1, 0.15) is 103 Å². The number of hydrogen-bond acceptors (Lipinski definition) is 4. The highest BCUT2D eigenvalue weighted by molar-refractivity contribution is 6.42. The van der Waals surface area contributed by atoms with Crippen molar-refractivity contribution in [1.29, 1.82) is 0 Å². The zero-order chi connectivity index (χ0) is 33.0. The van der Waals surface area contributed by atoms with Crippen molar-refractivity contribution in [3.63, 3.8) is 0 Å². The van der Waals surface area contributed by atoms with Gasteiger partial charge in [-0.05, 0) is 91.7 Å². The van der Waals surface area contributed by atoms with Crippen LogP contribution in [-0.2, 0) is 9.53 Å². The van der Waals surface area contributed by atoms with Crippen LogP contribution in [0.25, 0.3) is 43.1 Å². The van der Waals surface area contributed by atoms with Gasteiger partial charge in [0, 0.05) is 35.4 Å². The van der Waals surface area contributed by atoms with E-state index in [1.165, 1.54) is 11.8 Å². The van der Waals surface area contributed by atoms with E-state index in [9.17, 15) is 14.4 Å². The number of para-hydroxylation sites is 1. The fraction of sp³-hybridized carbons (Fsp3) is 0.262. The number of imide groups is 1. The van der Waals surface area contributed by atoms with E-state index in [2.05, 4.69) is 69.9 Å². The van der Waals surface area contributed by atoms with Gasteiger partial charge >= 0.3 is 5.97 Å². The molecule has 1 aliphatic rings. The molecule has 0 N–H and O–H groups in total. The molecule has 0 unspecified atom stereocenters. The second-order valence-electron chi connectivity index (χ2n) is 13.1. The topological polar surface area (TPSA) is 63.7 Å². The van der Waals surface area contributed by atoms with Crippen molar-refractivity contribution in [2.75, 3.05) is 11.5 Å². The van der Waals surface area contributed by atoms with Gasteiger partial charge in [-0.2, -0.15) is 0 Å². The molecule has 5 heteroatoms. The molecular formula is C42H37NO4. The Kier molecular flexibility index (Phi) is 7.68. The maximum absolute atomic E-state index is 14.5. The third-order valence-electron chi connectivity index (χ3n) is 9.44. The number of carbonyl (C=O) groups is 3. The van der Waals surface area contributed by atoms with Crippen molar-refractivity contribution < 1.29 is 19.1 Å². The van der Waals surface area contributed by atoms with Crippen LogP contribution in [-0.4, -0.2) is 24.4 Å². The second kappa shape index (κ2) is 11.9. The molecule has 1 heterocycles. The van der Waals surface area contributed by atoms with Crippen molar-refractivity contribution in [2.24, 2.45) is 0 Å². The van der Waals surface area contributed by atoms with Gasteiger partial charge in [0.15, 0.2) is 0 Å². The first-order valence-electron chi connectivity index (χ1n) is 16.5. The Morgan fingerprint density at radius 1 is 0.681 bits per heavy atom.